The molecule has 0 radical (unpaired) electrons. The van der Waals surface area contributed by atoms with Gasteiger partial charge in [0.25, 0.3) is 9.05 Å². The molecule has 7 nitrogen and oxygen atoms in total. The highest BCUT2D eigenvalue weighted by molar-refractivity contribution is 8.13. The minimum Gasteiger partial charge on any atom is -0.382 e. The normalized spacial score (nSPS) is 12.0. The van der Waals surface area contributed by atoms with Crippen LogP contribution in [0.2, 0.25) is 0 Å². The predicted octanol–water partition coefficient (Wildman–Crippen LogP) is 1.74. The molecule has 10 heteroatoms. The van der Waals surface area contributed by atoms with E-state index in [2.05, 4.69) is 10.3 Å². The largest absolute Gasteiger partial charge is 0.382 e. The molecule has 1 aromatic carbocycles. The number of halogens is 2. The molecule has 126 valence electrons. The Balaban J connectivity index is 2.14. The summed E-state index contributed by atoms with van der Waals surface area (Å²) in [4.78, 5) is 3.96. The molecule has 0 unspecified atom stereocenters. The Morgan fingerprint density at radius 1 is 1.46 bits per heavy atom. The van der Waals surface area contributed by atoms with Gasteiger partial charge < -0.3 is 15.6 Å². The summed E-state index contributed by atoms with van der Waals surface area (Å²) in [5.74, 6) is -0.471. The van der Waals surface area contributed by atoms with E-state index in [1.807, 2.05) is 6.07 Å². The van der Waals surface area contributed by atoms with Gasteiger partial charge in [-0.2, -0.15) is 5.26 Å². The molecule has 0 bridgehead atoms. The molecular weight excluding hydrogens is 357 g/mol. The summed E-state index contributed by atoms with van der Waals surface area (Å²) in [6.45, 7) is 0.00823. The number of aryl methyl sites for hydroxylation is 1. The Hall–Kier alpha value is -2.57. The van der Waals surface area contributed by atoms with E-state index in [1.165, 1.54) is 29.0 Å². The molecule has 2 aromatic rings. The minimum absolute atomic E-state index is 0.00823. The van der Waals surface area contributed by atoms with Gasteiger partial charge in [0.2, 0.25) is 0 Å². The fourth-order valence-electron chi connectivity index (χ4n) is 1.98. The molecule has 0 amide bonds. The van der Waals surface area contributed by atoms with E-state index in [4.69, 9.17) is 21.7 Å². The number of hydrogen-bond donors (Lipinski definition) is 2. The molecule has 0 aliphatic heterocycles. The van der Waals surface area contributed by atoms with E-state index in [0.29, 0.717) is 11.4 Å². The van der Waals surface area contributed by atoms with Crippen molar-refractivity contribution < 1.29 is 12.8 Å². The van der Waals surface area contributed by atoms with Gasteiger partial charge in [-0.1, -0.05) is 0 Å². The lowest BCUT2D eigenvalue weighted by Gasteiger charge is -2.06. The molecular formula is C14H13ClFN5O2S. The van der Waals surface area contributed by atoms with Crippen LogP contribution in [-0.2, 0) is 16.1 Å². The summed E-state index contributed by atoms with van der Waals surface area (Å²) in [5.41, 5.74) is 6.74. The smallest absolute Gasteiger partial charge is 0.262 e. The molecule has 0 aliphatic carbocycles. The number of aromatic nitrogens is 1. The maximum absolute atomic E-state index is 13.3. The second kappa shape index (κ2) is 6.90. The fraction of sp³-hybridized carbons (Fsp3) is 0.143. The van der Waals surface area contributed by atoms with E-state index in [1.54, 1.807) is 7.05 Å². The number of nitriles is 1. The number of nitrogens with two attached hydrogens (primary N) is 1. The monoisotopic (exact) mass is 369 g/mol. The van der Waals surface area contributed by atoms with E-state index in [0.717, 1.165) is 6.07 Å². The predicted molar refractivity (Wildman–Crippen MR) is 88.8 cm³/mol. The van der Waals surface area contributed by atoms with Crippen LogP contribution in [0.5, 0.6) is 0 Å². The summed E-state index contributed by atoms with van der Waals surface area (Å²) in [7, 11) is 3.02. The molecule has 0 saturated carbocycles. The second-order valence-electron chi connectivity index (χ2n) is 4.83. The number of nitrogens with zero attached hydrogens (tertiary/aromatic N) is 3. The lowest BCUT2D eigenvalue weighted by atomic mass is 10.2. The first kappa shape index (κ1) is 17.8. The van der Waals surface area contributed by atoms with Gasteiger partial charge in [0, 0.05) is 29.6 Å². The number of benzene rings is 1. The fourth-order valence-corrected chi connectivity index (χ4v) is 2.77. The van der Waals surface area contributed by atoms with Crippen LogP contribution in [0.1, 0.15) is 11.3 Å². The Labute approximate surface area is 142 Å². The zero-order chi connectivity index (χ0) is 17.9. The van der Waals surface area contributed by atoms with Crippen LogP contribution in [0, 0.1) is 17.1 Å². The van der Waals surface area contributed by atoms with Gasteiger partial charge >= 0.3 is 0 Å². The van der Waals surface area contributed by atoms with E-state index in [9.17, 15) is 12.8 Å². The molecule has 2 rings (SSSR count). The maximum Gasteiger partial charge on any atom is 0.262 e. The van der Waals surface area contributed by atoms with Gasteiger partial charge in [-0.15, -0.1) is 0 Å². The number of anilines is 1. The molecule has 0 atom stereocenters. The van der Waals surface area contributed by atoms with Crippen LogP contribution < -0.4 is 11.1 Å². The molecule has 0 fully saturated rings. The Morgan fingerprint density at radius 2 is 2.17 bits per heavy atom. The van der Waals surface area contributed by atoms with Crippen LogP contribution in [0.15, 0.2) is 40.4 Å². The molecule has 1 aromatic heterocycles. The SMILES string of the molecule is Cn1cc(S(=O)(=O)Cl)cc1C(N)=NCNc1cc(F)cc(C#N)c1. The topological polar surface area (TPSA) is 113 Å². The summed E-state index contributed by atoms with van der Waals surface area (Å²) in [6, 6.07) is 6.94. The van der Waals surface area contributed by atoms with E-state index < -0.39 is 14.9 Å². The average Bonchev–Trinajstić information content (AvgIpc) is 2.88. The summed E-state index contributed by atoms with van der Waals surface area (Å²) >= 11 is 0. The molecule has 24 heavy (non-hydrogen) atoms. The van der Waals surface area contributed by atoms with Gasteiger partial charge in [0.05, 0.1) is 17.3 Å². The summed E-state index contributed by atoms with van der Waals surface area (Å²) < 4.78 is 37.4. The van der Waals surface area contributed by atoms with Gasteiger partial charge in [-0.25, -0.2) is 17.8 Å². The lowest BCUT2D eigenvalue weighted by Crippen LogP contribution is -2.18. The zero-order valence-corrected chi connectivity index (χ0v) is 14.1. The first-order chi connectivity index (χ1) is 11.2. The molecule has 1 heterocycles. The van der Waals surface area contributed by atoms with Crippen LogP contribution in [0.25, 0.3) is 0 Å². The van der Waals surface area contributed by atoms with Crippen molar-refractivity contribution in [3.8, 4) is 6.07 Å². The number of nitrogens with one attached hydrogen (secondary N) is 1. The van der Waals surface area contributed by atoms with Crippen molar-refractivity contribution in [2.45, 2.75) is 4.90 Å². The van der Waals surface area contributed by atoms with Crippen molar-refractivity contribution in [3.05, 3.63) is 47.5 Å². The van der Waals surface area contributed by atoms with Crippen molar-refractivity contribution >= 4 is 31.3 Å². The van der Waals surface area contributed by atoms with Gasteiger partial charge in [-0.3, -0.25) is 0 Å². The minimum atomic E-state index is -3.86. The van der Waals surface area contributed by atoms with E-state index in [-0.39, 0.29) is 23.0 Å². The maximum atomic E-state index is 13.3. The average molecular weight is 370 g/mol. The Kier molecular flexibility index (Phi) is 5.11. The van der Waals surface area contributed by atoms with Crippen LogP contribution >= 0.6 is 10.7 Å². The third kappa shape index (κ3) is 4.24. The number of aliphatic imine (C=N–C) groups is 1. The lowest BCUT2D eigenvalue weighted by molar-refractivity contribution is 0.609. The van der Waals surface area contributed by atoms with Crippen LogP contribution in [0.4, 0.5) is 10.1 Å². The van der Waals surface area contributed by atoms with Gasteiger partial charge in [0.1, 0.15) is 23.2 Å². The van der Waals surface area contributed by atoms with Crippen molar-refractivity contribution in [2.75, 3.05) is 12.0 Å². The van der Waals surface area contributed by atoms with Gasteiger partial charge in [0.15, 0.2) is 0 Å². The highest BCUT2D eigenvalue weighted by Gasteiger charge is 2.16. The summed E-state index contributed by atoms with van der Waals surface area (Å²) in [5, 5.41) is 11.6. The number of hydrogen-bond acceptors (Lipinski definition) is 5. The van der Waals surface area contributed by atoms with Crippen LogP contribution in [-0.4, -0.2) is 25.5 Å². The van der Waals surface area contributed by atoms with Crippen molar-refractivity contribution in [2.24, 2.45) is 17.8 Å². The second-order valence-corrected chi connectivity index (χ2v) is 7.39. The first-order valence-electron chi connectivity index (χ1n) is 6.56. The number of amidine groups is 1. The van der Waals surface area contributed by atoms with Crippen molar-refractivity contribution in [3.63, 3.8) is 0 Å². The van der Waals surface area contributed by atoms with Crippen LogP contribution in [0.3, 0.4) is 0 Å². The number of rotatable bonds is 5. The quantitative estimate of drug-likeness (QED) is 0.473. The zero-order valence-electron chi connectivity index (χ0n) is 12.5. The molecule has 0 saturated heterocycles. The molecule has 3 N–H and O–H groups in total. The van der Waals surface area contributed by atoms with Crippen molar-refractivity contribution in [1.82, 2.24) is 4.57 Å². The highest BCUT2D eigenvalue weighted by Crippen LogP contribution is 2.18. The van der Waals surface area contributed by atoms with Gasteiger partial charge in [-0.05, 0) is 24.3 Å². The Morgan fingerprint density at radius 3 is 2.75 bits per heavy atom. The Bertz CT molecular complexity index is 947. The standard InChI is InChI=1S/C14H13ClFN5O2S/c1-21-7-12(24(15,22)23)5-13(21)14(18)20-8-19-11-3-9(6-17)2-10(16)4-11/h2-5,7,19H,8H2,1H3,(H2,18,20). The van der Waals surface area contributed by atoms with Crippen molar-refractivity contribution in [1.29, 1.82) is 5.26 Å². The molecule has 0 spiro atoms. The third-order valence-corrected chi connectivity index (χ3v) is 4.40. The third-order valence-electron chi connectivity index (χ3n) is 3.08. The molecule has 0 aliphatic rings. The highest BCUT2D eigenvalue weighted by atomic mass is 35.7. The first-order valence-corrected chi connectivity index (χ1v) is 8.87. The van der Waals surface area contributed by atoms with E-state index >= 15 is 0 Å². The summed E-state index contributed by atoms with van der Waals surface area (Å²) in [6.07, 6.45) is 1.32.